The molecule has 0 fully saturated rings. The number of halogens is 4. The second-order valence-corrected chi connectivity index (χ2v) is 5.45. The van der Waals surface area contributed by atoms with Gasteiger partial charge in [0, 0.05) is 18.9 Å². The lowest BCUT2D eigenvalue weighted by Gasteiger charge is -2.08. The maximum absolute atomic E-state index is 13.6. The monoisotopic (exact) mass is 376 g/mol. The van der Waals surface area contributed by atoms with Gasteiger partial charge in [0.1, 0.15) is 5.82 Å². The van der Waals surface area contributed by atoms with Gasteiger partial charge in [0.2, 0.25) is 5.95 Å². The minimum absolute atomic E-state index is 0.102. The van der Waals surface area contributed by atoms with Crippen molar-refractivity contribution in [3.05, 3.63) is 83.2 Å². The molecule has 0 unspecified atom stereocenters. The van der Waals surface area contributed by atoms with Crippen LogP contribution in [0.25, 0.3) is 0 Å². The van der Waals surface area contributed by atoms with Crippen molar-refractivity contribution in [3.63, 3.8) is 0 Å². The van der Waals surface area contributed by atoms with E-state index < -0.39 is 23.4 Å². The van der Waals surface area contributed by atoms with E-state index in [1.54, 1.807) is 0 Å². The average Bonchev–Trinajstić information content (AvgIpc) is 2.68. The Morgan fingerprint density at radius 1 is 0.889 bits per heavy atom. The molecule has 0 saturated carbocycles. The molecule has 2 N–H and O–H groups in total. The first-order valence-corrected chi connectivity index (χ1v) is 7.69. The molecular weight excluding hydrogens is 364 g/mol. The normalized spacial score (nSPS) is 10.5. The SMILES string of the molecule is O=C(NCc1ccc(F)cc1)c1cnc(Nc2ccc(F)c(F)c2F)nc1. The summed E-state index contributed by atoms with van der Waals surface area (Å²) in [5, 5.41) is 5.01. The Kier molecular flexibility index (Phi) is 5.30. The summed E-state index contributed by atoms with van der Waals surface area (Å²) in [6.07, 6.45) is 2.38. The fourth-order valence-corrected chi connectivity index (χ4v) is 2.14. The first-order valence-electron chi connectivity index (χ1n) is 7.69. The smallest absolute Gasteiger partial charge is 0.254 e. The van der Waals surface area contributed by atoms with Gasteiger partial charge in [-0.3, -0.25) is 4.79 Å². The molecule has 0 radical (unpaired) electrons. The minimum atomic E-state index is -1.61. The summed E-state index contributed by atoms with van der Waals surface area (Å²) in [4.78, 5) is 19.7. The number of anilines is 2. The minimum Gasteiger partial charge on any atom is -0.348 e. The Morgan fingerprint density at radius 2 is 1.56 bits per heavy atom. The molecule has 3 rings (SSSR count). The number of nitrogens with one attached hydrogen (secondary N) is 2. The molecule has 0 saturated heterocycles. The lowest BCUT2D eigenvalue weighted by atomic mass is 10.2. The number of rotatable bonds is 5. The van der Waals surface area contributed by atoms with Crippen molar-refractivity contribution in [1.29, 1.82) is 0 Å². The highest BCUT2D eigenvalue weighted by atomic mass is 19.2. The van der Waals surface area contributed by atoms with E-state index in [1.807, 2.05) is 0 Å². The highest BCUT2D eigenvalue weighted by molar-refractivity contribution is 5.93. The molecule has 0 atom stereocenters. The van der Waals surface area contributed by atoms with Gasteiger partial charge >= 0.3 is 0 Å². The summed E-state index contributed by atoms with van der Waals surface area (Å²) in [5.41, 5.74) is 0.494. The summed E-state index contributed by atoms with van der Waals surface area (Å²) in [6, 6.07) is 7.40. The van der Waals surface area contributed by atoms with E-state index in [1.165, 1.54) is 36.7 Å². The number of carbonyl (C=O) groups excluding carboxylic acids is 1. The Labute approximate surface area is 151 Å². The van der Waals surface area contributed by atoms with Crippen LogP contribution in [-0.4, -0.2) is 15.9 Å². The van der Waals surface area contributed by atoms with E-state index in [9.17, 15) is 22.4 Å². The Balaban J connectivity index is 1.63. The van der Waals surface area contributed by atoms with Gasteiger partial charge < -0.3 is 10.6 Å². The topological polar surface area (TPSA) is 66.9 Å². The van der Waals surface area contributed by atoms with E-state index in [4.69, 9.17) is 0 Å². The predicted molar refractivity (Wildman–Crippen MR) is 89.2 cm³/mol. The third-order valence-electron chi connectivity index (χ3n) is 3.56. The number of aromatic nitrogens is 2. The fourth-order valence-electron chi connectivity index (χ4n) is 2.14. The number of carbonyl (C=O) groups is 1. The summed E-state index contributed by atoms with van der Waals surface area (Å²) in [7, 11) is 0. The number of benzene rings is 2. The van der Waals surface area contributed by atoms with E-state index in [0.717, 1.165) is 12.1 Å². The van der Waals surface area contributed by atoms with Crippen LogP contribution >= 0.6 is 0 Å². The van der Waals surface area contributed by atoms with Crippen molar-refractivity contribution in [2.24, 2.45) is 0 Å². The zero-order chi connectivity index (χ0) is 19.4. The lowest BCUT2D eigenvalue weighted by molar-refractivity contribution is 0.0950. The van der Waals surface area contributed by atoms with Gasteiger partial charge in [-0.2, -0.15) is 0 Å². The van der Waals surface area contributed by atoms with Crippen LogP contribution in [0, 0.1) is 23.3 Å². The number of nitrogens with zero attached hydrogens (tertiary/aromatic N) is 2. The molecule has 138 valence electrons. The number of amides is 1. The zero-order valence-electron chi connectivity index (χ0n) is 13.6. The van der Waals surface area contributed by atoms with Crippen LogP contribution < -0.4 is 10.6 Å². The maximum Gasteiger partial charge on any atom is 0.254 e. The van der Waals surface area contributed by atoms with Crippen molar-refractivity contribution in [2.75, 3.05) is 5.32 Å². The molecule has 2 aromatic carbocycles. The molecule has 5 nitrogen and oxygen atoms in total. The van der Waals surface area contributed by atoms with Crippen molar-refractivity contribution >= 4 is 17.5 Å². The molecule has 0 bridgehead atoms. The standard InChI is InChI=1S/C18H12F4N4O/c19-12-3-1-10(2-4-12)7-23-17(27)11-8-24-18(25-9-11)26-14-6-5-13(20)15(21)16(14)22/h1-6,8-9H,7H2,(H,23,27)(H,24,25,26). The number of hydrogen-bond acceptors (Lipinski definition) is 4. The summed E-state index contributed by atoms with van der Waals surface area (Å²) in [6.45, 7) is 0.180. The molecule has 27 heavy (non-hydrogen) atoms. The van der Waals surface area contributed by atoms with Crippen LogP contribution in [0.15, 0.2) is 48.8 Å². The molecular formula is C18H12F4N4O. The van der Waals surface area contributed by atoms with E-state index in [2.05, 4.69) is 20.6 Å². The van der Waals surface area contributed by atoms with Crippen LogP contribution in [0.2, 0.25) is 0 Å². The molecule has 1 amide bonds. The molecule has 1 heterocycles. The fraction of sp³-hybridized carbons (Fsp3) is 0.0556. The Hall–Kier alpha value is -3.49. The largest absolute Gasteiger partial charge is 0.348 e. The van der Waals surface area contributed by atoms with Crippen molar-refractivity contribution in [1.82, 2.24) is 15.3 Å². The van der Waals surface area contributed by atoms with Gasteiger partial charge in [0.15, 0.2) is 17.5 Å². The molecule has 9 heteroatoms. The van der Waals surface area contributed by atoms with Crippen molar-refractivity contribution < 1.29 is 22.4 Å². The van der Waals surface area contributed by atoms with Gasteiger partial charge in [-0.1, -0.05) is 12.1 Å². The Bertz CT molecular complexity index is 962. The maximum atomic E-state index is 13.6. The first-order chi connectivity index (χ1) is 12.9. The average molecular weight is 376 g/mol. The summed E-state index contributed by atoms with van der Waals surface area (Å²) >= 11 is 0. The van der Waals surface area contributed by atoms with Crippen molar-refractivity contribution in [2.45, 2.75) is 6.54 Å². The number of hydrogen-bond donors (Lipinski definition) is 2. The second kappa shape index (κ2) is 7.81. The highest BCUT2D eigenvalue weighted by Crippen LogP contribution is 2.21. The van der Waals surface area contributed by atoms with Crippen LogP contribution in [0.1, 0.15) is 15.9 Å². The van der Waals surface area contributed by atoms with Crippen LogP contribution in [0.5, 0.6) is 0 Å². The van der Waals surface area contributed by atoms with Gasteiger partial charge in [-0.05, 0) is 29.8 Å². The van der Waals surface area contributed by atoms with Gasteiger partial charge in [-0.25, -0.2) is 27.5 Å². The van der Waals surface area contributed by atoms with Gasteiger partial charge in [0.25, 0.3) is 5.91 Å². The molecule has 0 aliphatic rings. The van der Waals surface area contributed by atoms with E-state index in [0.29, 0.717) is 5.56 Å². The highest BCUT2D eigenvalue weighted by Gasteiger charge is 2.14. The summed E-state index contributed by atoms with van der Waals surface area (Å²) < 4.78 is 52.6. The van der Waals surface area contributed by atoms with E-state index in [-0.39, 0.29) is 29.6 Å². The van der Waals surface area contributed by atoms with E-state index >= 15 is 0 Å². The molecule has 0 spiro atoms. The lowest BCUT2D eigenvalue weighted by Crippen LogP contribution is -2.23. The zero-order valence-corrected chi connectivity index (χ0v) is 13.6. The van der Waals surface area contributed by atoms with Crippen molar-refractivity contribution in [3.8, 4) is 0 Å². The molecule has 0 aliphatic heterocycles. The quantitative estimate of drug-likeness (QED) is 0.526. The molecule has 3 aromatic rings. The van der Waals surface area contributed by atoms with Gasteiger partial charge in [-0.15, -0.1) is 0 Å². The second-order valence-electron chi connectivity index (χ2n) is 5.45. The van der Waals surface area contributed by atoms with Crippen LogP contribution in [0.3, 0.4) is 0 Å². The molecule has 1 aromatic heterocycles. The van der Waals surface area contributed by atoms with Gasteiger partial charge in [0.05, 0.1) is 11.3 Å². The first kappa shape index (κ1) is 18.3. The third kappa shape index (κ3) is 4.38. The molecule has 0 aliphatic carbocycles. The third-order valence-corrected chi connectivity index (χ3v) is 3.56. The van der Waals surface area contributed by atoms with Crippen LogP contribution in [-0.2, 0) is 6.54 Å². The predicted octanol–water partition coefficient (Wildman–Crippen LogP) is 3.71. The summed E-state index contributed by atoms with van der Waals surface area (Å²) in [5.74, 6) is -5.28. The van der Waals surface area contributed by atoms with Crippen LogP contribution in [0.4, 0.5) is 29.2 Å². The Morgan fingerprint density at radius 3 is 2.22 bits per heavy atom.